The molecule has 0 aromatic heterocycles. The number of halogens is 1. The summed E-state index contributed by atoms with van der Waals surface area (Å²) in [6.45, 7) is 4.33. The van der Waals surface area contributed by atoms with Crippen LogP contribution >= 0.6 is 23.4 Å². The van der Waals surface area contributed by atoms with Gasteiger partial charge in [0.2, 0.25) is 11.8 Å². The van der Waals surface area contributed by atoms with Crippen molar-refractivity contribution in [3.05, 3.63) is 107 Å². The van der Waals surface area contributed by atoms with Crippen LogP contribution in [0.1, 0.15) is 37.0 Å². The maximum absolute atomic E-state index is 13.6. The van der Waals surface area contributed by atoms with E-state index in [4.69, 9.17) is 11.6 Å². The number of nitrogens with zero attached hydrogens (tertiary/aromatic N) is 1. The van der Waals surface area contributed by atoms with E-state index in [9.17, 15) is 9.59 Å². The third-order valence-corrected chi connectivity index (χ3v) is 7.07. The first-order chi connectivity index (χ1) is 17.0. The van der Waals surface area contributed by atoms with Crippen LogP contribution in [0.5, 0.6) is 0 Å². The van der Waals surface area contributed by atoms with Crippen LogP contribution in [-0.4, -0.2) is 34.6 Å². The smallest absolute Gasteiger partial charge is 0.243 e. The van der Waals surface area contributed by atoms with Crippen LogP contribution in [-0.2, 0) is 28.3 Å². The third-order valence-electron chi connectivity index (χ3n) is 5.85. The molecule has 0 aliphatic carbocycles. The number of carbonyl (C=O) groups is 2. The second kappa shape index (κ2) is 14.0. The van der Waals surface area contributed by atoms with E-state index < -0.39 is 6.04 Å². The molecule has 4 nitrogen and oxygen atoms in total. The van der Waals surface area contributed by atoms with Gasteiger partial charge in [-0.15, -0.1) is 11.8 Å². The zero-order valence-electron chi connectivity index (χ0n) is 20.3. The standard InChI is InChI=1S/C29H33ClN2O2S/c1-3-22(2)31-29(34)27(18-23-11-6-4-7-12-23)32(19-25-15-10-16-26(30)17-25)28(33)21-35-20-24-13-8-5-9-14-24/h4-17,22,27H,3,18-21H2,1-2H3,(H,31,34). The van der Waals surface area contributed by atoms with Gasteiger partial charge in [-0.25, -0.2) is 0 Å². The van der Waals surface area contributed by atoms with Crippen molar-refractivity contribution in [3.8, 4) is 0 Å². The van der Waals surface area contributed by atoms with Gasteiger partial charge in [-0.3, -0.25) is 9.59 Å². The number of rotatable bonds is 12. The minimum absolute atomic E-state index is 0.0244. The predicted octanol–water partition coefficient (Wildman–Crippen LogP) is 6.13. The topological polar surface area (TPSA) is 49.4 Å². The molecule has 0 spiro atoms. The Hall–Kier alpha value is -2.76. The lowest BCUT2D eigenvalue weighted by atomic mass is 10.0. The van der Waals surface area contributed by atoms with Crippen molar-refractivity contribution in [2.24, 2.45) is 0 Å². The second-order valence-corrected chi connectivity index (χ2v) is 10.1. The first-order valence-electron chi connectivity index (χ1n) is 12.0. The second-order valence-electron chi connectivity index (χ2n) is 8.65. The number of nitrogens with one attached hydrogen (secondary N) is 1. The van der Waals surface area contributed by atoms with E-state index in [1.54, 1.807) is 16.7 Å². The first-order valence-corrected chi connectivity index (χ1v) is 13.5. The lowest BCUT2D eigenvalue weighted by Crippen LogP contribution is -2.52. The molecule has 2 unspecified atom stereocenters. The van der Waals surface area contributed by atoms with E-state index in [2.05, 4.69) is 17.4 Å². The Morgan fingerprint density at radius 3 is 2.17 bits per heavy atom. The Kier molecular flexibility index (Phi) is 10.7. The Balaban J connectivity index is 1.86. The van der Waals surface area contributed by atoms with Crippen molar-refractivity contribution in [1.82, 2.24) is 10.2 Å². The molecule has 0 aliphatic heterocycles. The summed E-state index contributed by atoms with van der Waals surface area (Å²) in [5.74, 6) is 0.829. The van der Waals surface area contributed by atoms with Gasteiger partial charge in [0, 0.05) is 29.8 Å². The highest BCUT2D eigenvalue weighted by molar-refractivity contribution is 7.99. The minimum Gasteiger partial charge on any atom is -0.352 e. The molecule has 3 aromatic rings. The van der Waals surface area contributed by atoms with Crippen molar-refractivity contribution in [2.45, 2.75) is 51.1 Å². The number of amides is 2. The fraction of sp³-hybridized carbons (Fsp3) is 0.310. The highest BCUT2D eigenvalue weighted by Gasteiger charge is 2.30. The van der Waals surface area contributed by atoms with Crippen molar-refractivity contribution in [3.63, 3.8) is 0 Å². The van der Waals surface area contributed by atoms with Crippen LogP contribution in [0.25, 0.3) is 0 Å². The summed E-state index contributed by atoms with van der Waals surface area (Å²) in [5, 5.41) is 3.71. The predicted molar refractivity (Wildman–Crippen MR) is 146 cm³/mol. The number of hydrogen-bond donors (Lipinski definition) is 1. The van der Waals surface area contributed by atoms with Gasteiger partial charge in [0.25, 0.3) is 0 Å². The van der Waals surface area contributed by atoms with Crippen LogP contribution in [0.15, 0.2) is 84.9 Å². The first kappa shape index (κ1) is 26.8. The van der Waals surface area contributed by atoms with Crippen LogP contribution in [0.2, 0.25) is 5.02 Å². The summed E-state index contributed by atoms with van der Waals surface area (Å²) in [6.07, 6.45) is 1.26. The molecule has 184 valence electrons. The molecule has 3 rings (SSSR count). The molecule has 0 bridgehead atoms. The maximum atomic E-state index is 13.6. The molecule has 0 saturated carbocycles. The van der Waals surface area contributed by atoms with Crippen molar-refractivity contribution in [2.75, 3.05) is 5.75 Å². The average molecular weight is 509 g/mol. The summed E-state index contributed by atoms with van der Waals surface area (Å²) in [7, 11) is 0. The van der Waals surface area contributed by atoms with Gasteiger partial charge in [0.05, 0.1) is 5.75 Å². The summed E-state index contributed by atoms with van der Waals surface area (Å²) in [6, 6.07) is 26.8. The molecule has 2 amide bonds. The Labute approximate surface area is 218 Å². The van der Waals surface area contributed by atoms with Crippen molar-refractivity contribution in [1.29, 1.82) is 0 Å². The van der Waals surface area contributed by atoms with E-state index >= 15 is 0 Å². The summed E-state index contributed by atoms with van der Waals surface area (Å²) in [5.41, 5.74) is 3.08. The van der Waals surface area contributed by atoms with E-state index in [0.717, 1.165) is 23.3 Å². The van der Waals surface area contributed by atoms with Gasteiger partial charge in [0.15, 0.2) is 0 Å². The zero-order valence-corrected chi connectivity index (χ0v) is 21.9. The lowest BCUT2D eigenvalue weighted by Gasteiger charge is -2.32. The van der Waals surface area contributed by atoms with Crippen LogP contribution in [0, 0.1) is 0 Å². The van der Waals surface area contributed by atoms with E-state index in [-0.39, 0.29) is 23.6 Å². The highest BCUT2D eigenvalue weighted by Crippen LogP contribution is 2.20. The molecule has 1 N–H and O–H groups in total. The third kappa shape index (κ3) is 8.75. The maximum Gasteiger partial charge on any atom is 0.243 e. The van der Waals surface area contributed by atoms with Gasteiger partial charge in [-0.1, -0.05) is 91.3 Å². The summed E-state index contributed by atoms with van der Waals surface area (Å²) < 4.78 is 0. The molecule has 6 heteroatoms. The van der Waals surface area contributed by atoms with Crippen LogP contribution in [0.3, 0.4) is 0 Å². The molecule has 0 radical (unpaired) electrons. The van der Waals surface area contributed by atoms with Gasteiger partial charge < -0.3 is 10.2 Å². The van der Waals surface area contributed by atoms with E-state index in [1.807, 2.05) is 86.6 Å². The lowest BCUT2D eigenvalue weighted by molar-refractivity contribution is -0.139. The number of benzene rings is 3. The minimum atomic E-state index is -0.629. The SMILES string of the molecule is CCC(C)NC(=O)C(Cc1ccccc1)N(Cc1cccc(Cl)c1)C(=O)CSCc1ccccc1. The molecular weight excluding hydrogens is 476 g/mol. The van der Waals surface area contributed by atoms with E-state index in [1.165, 1.54) is 5.56 Å². The largest absolute Gasteiger partial charge is 0.352 e. The molecule has 0 fully saturated rings. The Morgan fingerprint density at radius 2 is 1.54 bits per heavy atom. The van der Waals surface area contributed by atoms with Gasteiger partial charge >= 0.3 is 0 Å². The Morgan fingerprint density at radius 1 is 0.914 bits per heavy atom. The van der Waals surface area contributed by atoms with Crippen molar-refractivity contribution < 1.29 is 9.59 Å². The van der Waals surface area contributed by atoms with E-state index in [0.29, 0.717) is 18.0 Å². The number of hydrogen-bond acceptors (Lipinski definition) is 3. The highest BCUT2D eigenvalue weighted by atomic mass is 35.5. The molecule has 0 heterocycles. The Bertz CT molecular complexity index is 1080. The van der Waals surface area contributed by atoms with Gasteiger partial charge in [-0.05, 0) is 42.2 Å². The summed E-state index contributed by atoms with van der Waals surface area (Å²) >= 11 is 7.79. The molecule has 3 aromatic carbocycles. The summed E-state index contributed by atoms with van der Waals surface area (Å²) in [4.78, 5) is 28.8. The number of carbonyl (C=O) groups excluding carboxylic acids is 2. The number of thioether (sulfide) groups is 1. The average Bonchev–Trinajstić information content (AvgIpc) is 2.87. The molecule has 0 aliphatic rings. The van der Waals surface area contributed by atoms with Gasteiger partial charge in [0.1, 0.15) is 6.04 Å². The van der Waals surface area contributed by atoms with Gasteiger partial charge in [-0.2, -0.15) is 0 Å². The fourth-order valence-electron chi connectivity index (χ4n) is 3.74. The molecule has 35 heavy (non-hydrogen) atoms. The fourth-order valence-corrected chi connectivity index (χ4v) is 4.82. The zero-order chi connectivity index (χ0) is 25.0. The van der Waals surface area contributed by atoms with Crippen LogP contribution < -0.4 is 5.32 Å². The molecular formula is C29H33ClN2O2S. The molecule has 0 saturated heterocycles. The molecule has 2 atom stereocenters. The van der Waals surface area contributed by atoms with Crippen molar-refractivity contribution >= 4 is 35.2 Å². The monoisotopic (exact) mass is 508 g/mol. The quantitative estimate of drug-likeness (QED) is 0.320. The normalized spacial score (nSPS) is 12.5. The van der Waals surface area contributed by atoms with Crippen LogP contribution in [0.4, 0.5) is 0 Å².